The van der Waals surface area contributed by atoms with Gasteiger partial charge in [-0.05, 0) is 24.3 Å². The summed E-state index contributed by atoms with van der Waals surface area (Å²) in [6.07, 6.45) is 0.0927. The van der Waals surface area contributed by atoms with Crippen molar-refractivity contribution in [3.8, 4) is 0 Å². The van der Waals surface area contributed by atoms with E-state index in [9.17, 15) is 14.0 Å². The van der Waals surface area contributed by atoms with Crippen LogP contribution in [0.25, 0.3) is 11.0 Å². The van der Waals surface area contributed by atoms with Crippen LogP contribution in [0.2, 0.25) is 0 Å². The molecule has 0 aliphatic heterocycles. The van der Waals surface area contributed by atoms with E-state index in [1.807, 2.05) is 0 Å². The lowest BCUT2D eigenvalue weighted by atomic mass is 10.2. The van der Waals surface area contributed by atoms with Crippen molar-refractivity contribution in [2.45, 2.75) is 6.42 Å². The molecule has 2 N–H and O–H groups in total. The Morgan fingerprint density at radius 2 is 1.76 bits per heavy atom. The molecule has 128 valence electrons. The number of halogens is 2. The van der Waals surface area contributed by atoms with Crippen LogP contribution in [0.5, 0.6) is 0 Å². The maximum absolute atomic E-state index is 13.8. The predicted molar refractivity (Wildman–Crippen MR) is 94.5 cm³/mol. The van der Waals surface area contributed by atoms with Crippen molar-refractivity contribution in [1.82, 2.24) is 0 Å². The quantitative estimate of drug-likeness (QED) is 0.663. The monoisotopic (exact) mass is 360 g/mol. The highest BCUT2D eigenvalue weighted by molar-refractivity contribution is 6.20. The number of rotatable bonds is 5. The number of nitrogens with one attached hydrogen (secondary N) is 2. The third-order valence-electron chi connectivity index (χ3n) is 3.51. The molecule has 0 bridgehead atoms. The molecule has 0 atom stereocenters. The Morgan fingerprint density at radius 1 is 1.04 bits per heavy atom. The summed E-state index contributed by atoms with van der Waals surface area (Å²) < 4.78 is 19.3. The van der Waals surface area contributed by atoms with E-state index in [-0.39, 0.29) is 35.3 Å². The second-order valence-corrected chi connectivity index (χ2v) is 5.60. The average molecular weight is 361 g/mol. The second kappa shape index (κ2) is 7.36. The molecule has 2 aromatic carbocycles. The molecule has 5 nitrogen and oxygen atoms in total. The molecule has 7 heteroatoms. The summed E-state index contributed by atoms with van der Waals surface area (Å²) in [6, 6.07) is 12.7. The largest absolute Gasteiger partial charge is 0.449 e. The standard InChI is InChI=1S/C18H14ClFN2O3/c19-10-9-15(23)22-16-11-5-1-4-8-14(11)25-17(16)18(24)21-13-7-3-2-6-12(13)20/h1-8H,9-10H2,(H,21,24)(H,22,23). The van der Waals surface area contributed by atoms with Gasteiger partial charge in [0.15, 0.2) is 0 Å². The van der Waals surface area contributed by atoms with Gasteiger partial charge in [-0.15, -0.1) is 11.6 Å². The molecule has 25 heavy (non-hydrogen) atoms. The molecule has 1 heterocycles. The van der Waals surface area contributed by atoms with Gasteiger partial charge in [0.05, 0.1) is 5.69 Å². The fourth-order valence-electron chi connectivity index (χ4n) is 2.36. The number of alkyl halides is 1. The van der Waals surface area contributed by atoms with Crippen LogP contribution in [0.3, 0.4) is 0 Å². The molecule has 0 spiro atoms. The van der Waals surface area contributed by atoms with Gasteiger partial charge in [0, 0.05) is 17.7 Å². The fraction of sp³-hybridized carbons (Fsp3) is 0.111. The van der Waals surface area contributed by atoms with Gasteiger partial charge in [0.1, 0.15) is 17.1 Å². The minimum Gasteiger partial charge on any atom is -0.449 e. The molecule has 0 fully saturated rings. The Morgan fingerprint density at radius 3 is 2.52 bits per heavy atom. The molecule has 3 rings (SSSR count). The van der Waals surface area contributed by atoms with Crippen LogP contribution >= 0.6 is 11.6 Å². The molecule has 3 aromatic rings. The summed E-state index contributed by atoms with van der Waals surface area (Å²) in [4.78, 5) is 24.5. The third-order valence-corrected chi connectivity index (χ3v) is 3.70. The SMILES string of the molecule is O=C(CCCl)Nc1c(C(=O)Nc2ccccc2F)oc2ccccc12. The Balaban J connectivity index is 1.98. The molecule has 2 amide bonds. The summed E-state index contributed by atoms with van der Waals surface area (Å²) in [5.41, 5.74) is 0.688. The van der Waals surface area contributed by atoms with Crippen molar-refractivity contribution in [2.24, 2.45) is 0 Å². The molecule has 0 saturated carbocycles. The van der Waals surface area contributed by atoms with Gasteiger partial charge in [-0.2, -0.15) is 0 Å². The second-order valence-electron chi connectivity index (χ2n) is 5.22. The Bertz CT molecular complexity index is 939. The van der Waals surface area contributed by atoms with Crippen molar-refractivity contribution in [2.75, 3.05) is 16.5 Å². The number of para-hydroxylation sites is 2. The number of anilines is 2. The number of furan rings is 1. The minimum absolute atomic E-state index is 0.0194. The van der Waals surface area contributed by atoms with Crippen LogP contribution in [0, 0.1) is 5.82 Å². The van der Waals surface area contributed by atoms with E-state index in [2.05, 4.69) is 10.6 Å². The van der Waals surface area contributed by atoms with Crippen molar-refractivity contribution >= 4 is 45.8 Å². The molecule has 1 aromatic heterocycles. The van der Waals surface area contributed by atoms with E-state index < -0.39 is 11.7 Å². The minimum atomic E-state index is -0.664. The molecule has 0 saturated heterocycles. The van der Waals surface area contributed by atoms with Gasteiger partial charge in [-0.1, -0.05) is 24.3 Å². The molecule has 0 aliphatic carbocycles. The Hall–Kier alpha value is -2.86. The zero-order valence-corrected chi connectivity index (χ0v) is 13.8. The molecule has 0 aliphatic rings. The van der Waals surface area contributed by atoms with Gasteiger partial charge < -0.3 is 15.1 Å². The van der Waals surface area contributed by atoms with Gasteiger partial charge in [-0.25, -0.2) is 4.39 Å². The summed E-state index contributed by atoms with van der Waals surface area (Å²) in [7, 11) is 0. The predicted octanol–water partition coefficient (Wildman–Crippen LogP) is 4.39. The highest BCUT2D eigenvalue weighted by atomic mass is 35.5. The van der Waals surface area contributed by atoms with Crippen LogP contribution in [0.1, 0.15) is 17.0 Å². The van der Waals surface area contributed by atoms with E-state index in [0.717, 1.165) is 0 Å². The highest BCUT2D eigenvalue weighted by Gasteiger charge is 2.22. The zero-order valence-electron chi connectivity index (χ0n) is 13.0. The van der Waals surface area contributed by atoms with Gasteiger partial charge in [0.25, 0.3) is 5.91 Å². The normalized spacial score (nSPS) is 10.6. The smallest absolute Gasteiger partial charge is 0.293 e. The van der Waals surface area contributed by atoms with Crippen LogP contribution in [0.15, 0.2) is 52.9 Å². The van der Waals surface area contributed by atoms with Crippen LogP contribution in [0.4, 0.5) is 15.8 Å². The number of amides is 2. The van der Waals surface area contributed by atoms with Gasteiger partial charge >= 0.3 is 0 Å². The van der Waals surface area contributed by atoms with Crippen molar-refractivity contribution < 1.29 is 18.4 Å². The summed E-state index contributed by atoms with van der Waals surface area (Å²) >= 11 is 5.58. The summed E-state index contributed by atoms with van der Waals surface area (Å²) in [5, 5.41) is 5.67. The van der Waals surface area contributed by atoms with E-state index >= 15 is 0 Å². The first-order valence-electron chi connectivity index (χ1n) is 7.53. The topological polar surface area (TPSA) is 71.3 Å². The molecular weight excluding hydrogens is 347 g/mol. The maximum Gasteiger partial charge on any atom is 0.293 e. The van der Waals surface area contributed by atoms with Crippen molar-refractivity contribution in [3.05, 3.63) is 60.1 Å². The summed E-state index contributed by atoms with van der Waals surface area (Å²) in [5.74, 6) is -1.53. The first-order chi connectivity index (χ1) is 12.1. The molecule has 0 radical (unpaired) electrons. The lowest BCUT2D eigenvalue weighted by Crippen LogP contribution is -2.17. The number of carbonyl (C=O) groups excluding carboxylic acids is 2. The third kappa shape index (κ3) is 3.64. The average Bonchev–Trinajstić information content (AvgIpc) is 2.96. The molecular formula is C18H14ClFN2O3. The maximum atomic E-state index is 13.8. The lowest BCUT2D eigenvalue weighted by molar-refractivity contribution is -0.115. The van der Waals surface area contributed by atoms with E-state index in [1.54, 1.807) is 30.3 Å². The zero-order chi connectivity index (χ0) is 17.8. The summed E-state index contributed by atoms with van der Waals surface area (Å²) in [6.45, 7) is 0. The van der Waals surface area contributed by atoms with E-state index in [0.29, 0.717) is 11.0 Å². The Kier molecular flexibility index (Phi) is 5.00. The van der Waals surface area contributed by atoms with Crippen molar-refractivity contribution in [3.63, 3.8) is 0 Å². The van der Waals surface area contributed by atoms with Gasteiger partial charge in [-0.3, -0.25) is 9.59 Å². The fourth-order valence-corrected chi connectivity index (χ4v) is 2.53. The number of fused-ring (bicyclic) bond motifs is 1. The van der Waals surface area contributed by atoms with Crippen LogP contribution in [-0.2, 0) is 4.79 Å². The first-order valence-corrected chi connectivity index (χ1v) is 8.07. The first kappa shape index (κ1) is 17.0. The number of hydrogen-bond donors (Lipinski definition) is 2. The van der Waals surface area contributed by atoms with E-state index in [1.165, 1.54) is 18.2 Å². The lowest BCUT2D eigenvalue weighted by Gasteiger charge is -2.07. The van der Waals surface area contributed by atoms with Gasteiger partial charge in [0.2, 0.25) is 11.7 Å². The van der Waals surface area contributed by atoms with Crippen LogP contribution in [-0.4, -0.2) is 17.7 Å². The molecule has 0 unspecified atom stereocenters. The van der Waals surface area contributed by atoms with Crippen LogP contribution < -0.4 is 10.6 Å². The van der Waals surface area contributed by atoms with Crippen molar-refractivity contribution in [1.29, 1.82) is 0 Å². The number of benzene rings is 2. The Labute approximate surface area is 147 Å². The number of carbonyl (C=O) groups is 2. The highest BCUT2D eigenvalue weighted by Crippen LogP contribution is 2.31. The van der Waals surface area contributed by atoms with E-state index in [4.69, 9.17) is 16.0 Å². The number of hydrogen-bond acceptors (Lipinski definition) is 3.